The molecule has 0 aromatic heterocycles. The second-order valence-corrected chi connectivity index (χ2v) is 4.28. The Hall–Kier alpha value is -1.61. The minimum Gasteiger partial charge on any atom is -0.373 e. The topological polar surface area (TPSA) is 38.3 Å². The van der Waals surface area contributed by atoms with Gasteiger partial charge in [0.25, 0.3) is 5.91 Å². The van der Waals surface area contributed by atoms with Crippen LogP contribution in [0.4, 0.5) is 5.69 Å². The van der Waals surface area contributed by atoms with Gasteiger partial charge in [-0.05, 0) is 32.4 Å². The molecule has 0 spiro atoms. The maximum Gasteiger partial charge on any atom is 0.253 e. The lowest BCUT2D eigenvalue weighted by atomic mass is 10.1. The molecule has 1 heterocycles. The molecule has 3 nitrogen and oxygen atoms in total. The molecule has 90 valence electrons. The van der Waals surface area contributed by atoms with Crippen LogP contribution in [0, 0.1) is 6.92 Å². The Kier molecular flexibility index (Phi) is 3.59. The fourth-order valence-electron chi connectivity index (χ4n) is 1.83. The number of hydrogen-bond donors (Lipinski definition) is 1. The zero-order chi connectivity index (χ0) is 12.3. The van der Waals surface area contributed by atoms with Gasteiger partial charge in [0, 0.05) is 11.3 Å². The van der Waals surface area contributed by atoms with Crippen LogP contribution in [0.5, 0.6) is 0 Å². The van der Waals surface area contributed by atoms with Gasteiger partial charge in [-0.2, -0.15) is 0 Å². The van der Waals surface area contributed by atoms with Gasteiger partial charge >= 0.3 is 0 Å². The first-order chi connectivity index (χ1) is 8.16. The first-order valence-electron chi connectivity index (χ1n) is 5.86. The molecule has 2 rings (SSSR count). The van der Waals surface area contributed by atoms with Crippen molar-refractivity contribution in [2.45, 2.75) is 26.4 Å². The molecule has 1 N–H and O–H groups in total. The molecule has 0 aliphatic carbocycles. The molecular formula is C14H17NO2. The summed E-state index contributed by atoms with van der Waals surface area (Å²) >= 11 is 0. The van der Waals surface area contributed by atoms with Crippen LogP contribution in [0.2, 0.25) is 0 Å². The monoisotopic (exact) mass is 231 g/mol. The van der Waals surface area contributed by atoms with Crippen molar-refractivity contribution in [2.75, 3.05) is 11.9 Å². The first kappa shape index (κ1) is 11.9. The molecule has 3 heteroatoms. The van der Waals surface area contributed by atoms with Gasteiger partial charge in [0.05, 0.1) is 12.7 Å². The summed E-state index contributed by atoms with van der Waals surface area (Å²) in [5, 5.41) is 2.88. The highest BCUT2D eigenvalue weighted by atomic mass is 16.5. The average Bonchev–Trinajstić information content (AvgIpc) is 2.32. The van der Waals surface area contributed by atoms with Crippen LogP contribution in [0.15, 0.2) is 35.9 Å². The lowest BCUT2D eigenvalue weighted by molar-refractivity contribution is -0.114. The van der Waals surface area contributed by atoms with Gasteiger partial charge in [0.15, 0.2) is 0 Å². The Morgan fingerprint density at radius 2 is 2.06 bits per heavy atom. The summed E-state index contributed by atoms with van der Waals surface area (Å²) in [6.45, 7) is 4.62. The third-order valence-electron chi connectivity index (χ3n) is 2.86. The summed E-state index contributed by atoms with van der Waals surface area (Å²) in [7, 11) is 0. The Bertz CT molecular complexity index is 434. The summed E-state index contributed by atoms with van der Waals surface area (Å²) < 4.78 is 5.44. The normalized spacial score (nSPS) is 19.6. The van der Waals surface area contributed by atoms with Crippen molar-refractivity contribution in [1.82, 2.24) is 0 Å². The number of carbonyl (C=O) groups excluding carboxylic acids is 1. The van der Waals surface area contributed by atoms with Crippen LogP contribution in [0.3, 0.4) is 0 Å². The van der Waals surface area contributed by atoms with E-state index in [1.165, 1.54) is 5.56 Å². The van der Waals surface area contributed by atoms with E-state index < -0.39 is 0 Å². The first-order valence-corrected chi connectivity index (χ1v) is 5.86. The van der Waals surface area contributed by atoms with Crippen molar-refractivity contribution in [1.29, 1.82) is 0 Å². The highest BCUT2D eigenvalue weighted by Gasteiger charge is 2.20. The molecule has 0 radical (unpaired) electrons. The van der Waals surface area contributed by atoms with Crippen molar-refractivity contribution in [3.05, 3.63) is 41.5 Å². The third kappa shape index (κ3) is 2.94. The van der Waals surface area contributed by atoms with Crippen molar-refractivity contribution in [3.8, 4) is 0 Å². The molecule has 0 bridgehead atoms. The van der Waals surface area contributed by atoms with Crippen LogP contribution in [0.1, 0.15) is 18.9 Å². The van der Waals surface area contributed by atoms with Gasteiger partial charge in [0.2, 0.25) is 0 Å². The molecule has 0 saturated heterocycles. The molecule has 1 aliphatic heterocycles. The number of anilines is 1. The quantitative estimate of drug-likeness (QED) is 0.849. The molecule has 1 aromatic carbocycles. The van der Waals surface area contributed by atoms with Gasteiger partial charge < -0.3 is 10.1 Å². The van der Waals surface area contributed by atoms with E-state index in [9.17, 15) is 4.79 Å². The van der Waals surface area contributed by atoms with Gasteiger partial charge in [-0.25, -0.2) is 0 Å². The molecule has 17 heavy (non-hydrogen) atoms. The zero-order valence-electron chi connectivity index (χ0n) is 10.2. The maximum atomic E-state index is 12.0. The van der Waals surface area contributed by atoms with E-state index in [4.69, 9.17) is 4.74 Å². The molecule has 1 amide bonds. The lowest BCUT2D eigenvalue weighted by Gasteiger charge is -2.20. The molecular weight excluding hydrogens is 214 g/mol. The van der Waals surface area contributed by atoms with E-state index in [2.05, 4.69) is 5.32 Å². The van der Waals surface area contributed by atoms with E-state index in [0.717, 1.165) is 17.7 Å². The Balaban J connectivity index is 2.06. The predicted molar refractivity (Wildman–Crippen MR) is 67.9 cm³/mol. The Labute approximate surface area is 101 Å². The number of nitrogens with one attached hydrogen (secondary N) is 1. The molecule has 1 aliphatic rings. The van der Waals surface area contributed by atoms with Gasteiger partial charge in [-0.1, -0.05) is 23.8 Å². The standard InChI is InChI=1S/C14H17NO2/c1-10-5-7-12(8-6-10)15-14(16)13-4-3-9-17-11(13)2/h4-8,11H,3,9H2,1-2H3,(H,15,16). The largest absolute Gasteiger partial charge is 0.373 e. The number of carbonyl (C=O) groups is 1. The number of hydrogen-bond acceptors (Lipinski definition) is 2. The number of rotatable bonds is 2. The van der Waals surface area contributed by atoms with E-state index >= 15 is 0 Å². The SMILES string of the molecule is Cc1ccc(NC(=O)C2=CCCOC2C)cc1. The number of aryl methyl sites for hydroxylation is 1. The van der Waals surface area contributed by atoms with Crippen molar-refractivity contribution in [3.63, 3.8) is 0 Å². The van der Waals surface area contributed by atoms with Gasteiger partial charge in [-0.15, -0.1) is 0 Å². The van der Waals surface area contributed by atoms with E-state index in [1.54, 1.807) is 0 Å². The summed E-state index contributed by atoms with van der Waals surface area (Å²) in [6, 6.07) is 7.76. The van der Waals surface area contributed by atoms with Crippen LogP contribution < -0.4 is 5.32 Å². The highest BCUT2D eigenvalue weighted by Crippen LogP contribution is 2.17. The third-order valence-corrected chi connectivity index (χ3v) is 2.86. The average molecular weight is 231 g/mol. The maximum absolute atomic E-state index is 12.0. The minimum absolute atomic E-state index is 0.0685. The summed E-state index contributed by atoms with van der Waals surface area (Å²) in [5.74, 6) is -0.0685. The molecule has 1 aromatic rings. The van der Waals surface area contributed by atoms with Gasteiger partial charge in [-0.3, -0.25) is 4.79 Å². The number of amides is 1. The smallest absolute Gasteiger partial charge is 0.253 e. The zero-order valence-corrected chi connectivity index (χ0v) is 10.2. The predicted octanol–water partition coefficient (Wildman–Crippen LogP) is 2.67. The second kappa shape index (κ2) is 5.15. The molecule has 0 saturated carbocycles. The fourth-order valence-corrected chi connectivity index (χ4v) is 1.83. The van der Waals surface area contributed by atoms with Crippen LogP contribution >= 0.6 is 0 Å². The summed E-state index contributed by atoms with van der Waals surface area (Å²) in [6.07, 6.45) is 2.65. The minimum atomic E-state index is -0.116. The van der Waals surface area contributed by atoms with Crippen LogP contribution in [0.25, 0.3) is 0 Å². The Morgan fingerprint density at radius 1 is 1.35 bits per heavy atom. The number of ether oxygens (including phenoxy) is 1. The summed E-state index contributed by atoms with van der Waals surface area (Å²) in [4.78, 5) is 12.0. The summed E-state index contributed by atoms with van der Waals surface area (Å²) in [5.41, 5.74) is 2.72. The Morgan fingerprint density at radius 3 is 2.71 bits per heavy atom. The van der Waals surface area contributed by atoms with E-state index in [1.807, 2.05) is 44.2 Å². The number of benzene rings is 1. The van der Waals surface area contributed by atoms with Crippen LogP contribution in [-0.4, -0.2) is 18.6 Å². The lowest BCUT2D eigenvalue weighted by Crippen LogP contribution is -2.27. The molecule has 1 unspecified atom stereocenters. The van der Waals surface area contributed by atoms with Crippen molar-refractivity contribution < 1.29 is 9.53 Å². The second-order valence-electron chi connectivity index (χ2n) is 4.28. The fraction of sp³-hybridized carbons (Fsp3) is 0.357. The molecule has 0 fully saturated rings. The van der Waals surface area contributed by atoms with Crippen LogP contribution in [-0.2, 0) is 9.53 Å². The molecule has 1 atom stereocenters. The van der Waals surface area contributed by atoms with Gasteiger partial charge in [0.1, 0.15) is 0 Å². The highest BCUT2D eigenvalue weighted by molar-refractivity contribution is 6.04. The van der Waals surface area contributed by atoms with E-state index in [0.29, 0.717) is 6.61 Å². The van der Waals surface area contributed by atoms with E-state index in [-0.39, 0.29) is 12.0 Å². The van der Waals surface area contributed by atoms with Crippen molar-refractivity contribution in [2.24, 2.45) is 0 Å². The van der Waals surface area contributed by atoms with Crippen molar-refractivity contribution >= 4 is 11.6 Å².